The number of hydrogen-bond donors (Lipinski definition) is 2. The number of aliphatic hydroxyl groups is 2. The number of halogens is 1. The molecule has 2 aliphatic heterocycles. The van der Waals surface area contributed by atoms with Crippen molar-refractivity contribution >= 4 is 17.5 Å². The van der Waals surface area contributed by atoms with Crippen LogP contribution in [0, 0.1) is 0 Å². The molecule has 2 heterocycles. The van der Waals surface area contributed by atoms with Crippen LogP contribution in [0.2, 0.25) is 5.02 Å². The minimum absolute atomic E-state index is 0.0211. The van der Waals surface area contributed by atoms with Gasteiger partial charge in [-0.3, -0.25) is 4.79 Å². The zero-order valence-electron chi connectivity index (χ0n) is 12.3. The molecular formula is C16H20ClNO4. The summed E-state index contributed by atoms with van der Waals surface area (Å²) in [5.41, 5.74) is 1.03. The first-order chi connectivity index (χ1) is 10.5. The molecular weight excluding hydrogens is 306 g/mol. The lowest BCUT2D eigenvalue weighted by Crippen LogP contribution is -2.48. The molecule has 22 heavy (non-hydrogen) atoms. The number of rotatable bonds is 3. The molecule has 0 saturated carbocycles. The molecule has 2 N–H and O–H groups in total. The number of nitrogens with zero attached hydrogens (tertiary/aromatic N) is 1. The first-order valence-electron chi connectivity index (χ1n) is 7.52. The predicted molar refractivity (Wildman–Crippen MR) is 81.4 cm³/mol. The third kappa shape index (κ3) is 3.13. The topological polar surface area (TPSA) is 70.0 Å². The van der Waals surface area contributed by atoms with E-state index >= 15 is 0 Å². The molecule has 1 aromatic rings. The quantitative estimate of drug-likeness (QED) is 0.886. The number of aliphatic hydroxyl groups excluding tert-OH is 1. The third-order valence-corrected chi connectivity index (χ3v) is 4.83. The molecule has 3 rings (SSSR count). The van der Waals surface area contributed by atoms with Crippen LogP contribution in [0.4, 0.5) is 0 Å². The largest absolute Gasteiger partial charge is 0.393 e. The second kappa shape index (κ2) is 6.16. The first kappa shape index (κ1) is 15.7. The van der Waals surface area contributed by atoms with E-state index in [-0.39, 0.29) is 18.6 Å². The van der Waals surface area contributed by atoms with E-state index in [1.54, 1.807) is 4.90 Å². The third-order valence-electron chi connectivity index (χ3n) is 4.59. The number of carbonyl (C=O) groups is 1. The molecule has 120 valence electrons. The summed E-state index contributed by atoms with van der Waals surface area (Å²) in [5, 5.41) is 19.8. The van der Waals surface area contributed by atoms with Gasteiger partial charge in [0, 0.05) is 18.1 Å². The Hall–Kier alpha value is -1.14. The van der Waals surface area contributed by atoms with E-state index in [1.807, 2.05) is 18.2 Å². The maximum Gasteiger partial charge on any atom is 0.225 e. The van der Waals surface area contributed by atoms with Gasteiger partial charge >= 0.3 is 0 Å². The minimum Gasteiger partial charge on any atom is -0.393 e. The van der Waals surface area contributed by atoms with Crippen molar-refractivity contribution in [1.29, 1.82) is 0 Å². The van der Waals surface area contributed by atoms with Crippen molar-refractivity contribution in [2.45, 2.75) is 37.6 Å². The molecule has 1 amide bonds. The molecule has 0 spiro atoms. The molecule has 5 nitrogen and oxygen atoms in total. The summed E-state index contributed by atoms with van der Waals surface area (Å²) in [5.74, 6) is 0.0211. The lowest BCUT2D eigenvalue weighted by atomic mass is 9.92. The Balaban J connectivity index is 1.60. The Morgan fingerprint density at radius 1 is 1.41 bits per heavy atom. The number of benzene rings is 1. The van der Waals surface area contributed by atoms with Gasteiger partial charge in [0.25, 0.3) is 0 Å². The van der Waals surface area contributed by atoms with E-state index in [2.05, 4.69) is 0 Å². The maximum absolute atomic E-state index is 12.4. The lowest BCUT2D eigenvalue weighted by Gasteiger charge is -2.37. The SMILES string of the molecule is O=C(CC1OCc2cc(Cl)ccc21)N1CCC(O)(CO)CC1. The number of hydrogen-bond acceptors (Lipinski definition) is 4. The van der Waals surface area contributed by atoms with Gasteiger partial charge in [-0.25, -0.2) is 0 Å². The Morgan fingerprint density at radius 2 is 2.14 bits per heavy atom. The Kier molecular flexibility index (Phi) is 4.41. The van der Waals surface area contributed by atoms with Crippen LogP contribution >= 0.6 is 11.6 Å². The van der Waals surface area contributed by atoms with Gasteiger partial charge in [0.1, 0.15) is 0 Å². The number of fused-ring (bicyclic) bond motifs is 1. The van der Waals surface area contributed by atoms with E-state index in [0.29, 0.717) is 44.0 Å². The number of ether oxygens (including phenoxy) is 1. The fourth-order valence-electron chi connectivity index (χ4n) is 3.08. The normalized spacial score (nSPS) is 23.4. The Morgan fingerprint density at radius 3 is 2.82 bits per heavy atom. The van der Waals surface area contributed by atoms with Gasteiger partial charge in [-0.05, 0) is 36.1 Å². The van der Waals surface area contributed by atoms with Crippen molar-refractivity contribution in [3.05, 3.63) is 34.3 Å². The molecule has 1 aromatic carbocycles. The molecule has 1 unspecified atom stereocenters. The van der Waals surface area contributed by atoms with Gasteiger partial charge in [0.2, 0.25) is 5.91 Å². The summed E-state index contributed by atoms with van der Waals surface area (Å²) < 4.78 is 5.71. The predicted octanol–water partition coefficient (Wildman–Crippen LogP) is 1.65. The fraction of sp³-hybridized carbons (Fsp3) is 0.562. The van der Waals surface area contributed by atoms with E-state index in [0.717, 1.165) is 11.1 Å². The molecule has 0 radical (unpaired) electrons. The molecule has 0 aliphatic carbocycles. The molecule has 0 aromatic heterocycles. The average Bonchev–Trinajstić information content (AvgIpc) is 2.90. The number of amides is 1. The Labute approximate surface area is 134 Å². The first-order valence-corrected chi connectivity index (χ1v) is 7.89. The number of likely N-dealkylation sites (tertiary alicyclic amines) is 1. The molecule has 1 fully saturated rings. The number of carbonyl (C=O) groups excluding carboxylic acids is 1. The summed E-state index contributed by atoms with van der Waals surface area (Å²) in [6.45, 7) is 1.17. The highest BCUT2D eigenvalue weighted by Gasteiger charge is 2.34. The summed E-state index contributed by atoms with van der Waals surface area (Å²) in [7, 11) is 0. The van der Waals surface area contributed by atoms with E-state index in [9.17, 15) is 9.90 Å². The van der Waals surface area contributed by atoms with Crippen molar-refractivity contribution < 1.29 is 19.7 Å². The summed E-state index contributed by atoms with van der Waals surface area (Å²) in [4.78, 5) is 14.1. The van der Waals surface area contributed by atoms with Crippen LogP contribution in [0.15, 0.2) is 18.2 Å². The minimum atomic E-state index is -1.04. The molecule has 6 heteroatoms. The maximum atomic E-state index is 12.4. The highest BCUT2D eigenvalue weighted by Crippen LogP contribution is 2.35. The molecule has 1 saturated heterocycles. The van der Waals surface area contributed by atoms with Gasteiger partial charge < -0.3 is 19.8 Å². The highest BCUT2D eigenvalue weighted by atomic mass is 35.5. The van der Waals surface area contributed by atoms with Crippen LogP contribution in [-0.4, -0.2) is 46.3 Å². The van der Waals surface area contributed by atoms with Gasteiger partial charge in [-0.2, -0.15) is 0 Å². The van der Waals surface area contributed by atoms with E-state index < -0.39 is 5.60 Å². The zero-order chi connectivity index (χ0) is 15.7. The lowest BCUT2D eigenvalue weighted by molar-refractivity contribution is -0.139. The van der Waals surface area contributed by atoms with Crippen LogP contribution in [0.3, 0.4) is 0 Å². The van der Waals surface area contributed by atoms with Crippen molar-refractivity contribution in [3.8, 4) is 0 Å². The second-order valence-electron chi connectivity index (χ2n) is 6.11. The van der Waals surface area contributed by atoms with Gasteiger partial charge in [0.15, 0.2) is 0 Å². The molecule has 1 atom stereocenters. The van der Waals surface area contributed by atoms with Crippen molar-refractivity contribution in [2.24, 2.45) is 0 Å². The standard InChI is InChI=1S/C16H20ClNO4/c17-12-1-2-13-11(7-12)9-22-14(13)8-15(20)18-5-3-16(21,10-19)4-6-18/h1-2,7,14,19,21H,3-6,8-10H2. The van der Waals surface area contributed by atoms with E-state index in [4.69, 9.17) is 21.4 Å². The summed E-state index contributed by atoms with van der Waals surface area (Å²) in [6, 6.07) is 5.61. The van der Waals surface area contributed by atoms with Crippen LogP contribution in [0.25, 0.3) is 0 Å². The van der Waals surface area contributed by atoms with E-state index in [1.165, 1.54) is 0 Å². The van der Waals surface area contributed by atoms with Crippen LogP contribution in [0.5, 0.6) is 0 Å². The average molecular weight is 326 g/mol. The smallest absolute Gasteiger partial charge is 0.225 e. The number of piperidine rings is 1. The second-order valence-corrected chi connectivity index (χ2v) is 6.55. The van der Waals surface area contributed by atoms with Crippen LogP contribution < -0.4 is 0 Å². The fourth-order valence-corrected chi connectivity index (χ4v) is 3.28. The van der Waals surface area contributed by atoms with Crippen LogP contribution in [0.1, 0.15) is 36.5 Å². The van der Waals surface area contributed by atoms with Crippen molar-refractivity contribution in [1.82, 2.24) is 4.90 Å². The monoisotopic (exact) mass is 325 g/mol. The van der Waals surface area contributed by atoms with Crippen LogP contribution in [-0.2, 0) is 16.1 Å². The van der Waals surface area contributed by atoms with Crippen molar-refractivity contribution in [2.75, 3.05) is 19.7 Å². The van der Waals surface area contributed by atoms with Gasteiger partial charge in [-0.1, -0.05) is 17.7 Å². The van der Waals surface area contributed by atoms with Crippen molar-refractivity contribution in [3.63, 3.8) is 0 Å². The highest BCUT2D eigenvalue weighted by molar-refractivity contribution is 6.30. The summed E-state index contributed by atoms with van der Waals surface area (Å²) in [6.07, 6.45) is 0.893. The van der Waals surface area contributed by atoms with Gasteiger partial charge in [0.05, 0.1) is 31.3 Å². The van der Waals surface area contributed by atoms with Gasteiger partial charge in [-0.15, -0.1) is 0 Å². The Bertz CT molecular complexity index is 569. The summed E-state index contributed by atoms with van der Waals surface area (Å²) >= 11 is 5.96. The molecule has 0 bridgehead atoms. The zero-order valence-corrected chi connectivity index (χ0v) is 13.1. The molecule has 2 aliphatic rings.